The van der Waals surface area contributed by atoms with Gasteiger partial charge in [-0.05, 0) is 12.5 Å². The first-order valence-corrected chi connectivity index (χ1v) is 5.42. The first-order valence-electron chi connectivity index (χ1n) is 5.42. The number of amides is 3. The zero-order valence-corrected chi connectivity index (χ0v) is 9.40. The van der Waals surface area contributed by atoms with Crippen molar-refractivity contribution in [3.05, 3.63) is 35.1 Å². The van der Waals surface area contributed by atoms with E-state index in [4.69, 9.17) is 5.73 Å². The van der Waals surface area contributed by atoms with Crippen molar-refractivity contribution in [2.75, 3.05) is 0 Å². The van der Waals surface area contributed by atoms with Gasteiger partial charge in [0.2, 0.25) is 11.8 Å². The number of hydrogen-bond donors (Lipinski definition) is 2. The third-order valence-corrected chi connectivity index (χ3v) is 2.91. The van der Waals surface area contributed by atoms with Gasteiger partial charge < -0.3 is 5.73 Å². The Morgan fingerprint density at radius 1 is 1.39 bits per heavy atom. The van der Waals surface area contributed by atoms with Crippen molar-refractivity contribution in [3.63, 3.8) is 0 Å². The predicted molar refractivity (Wildman–Crippen MR) is 60.0 cm³/mol. The Labute approximate surface area is 102 Å². The molecule has 1 saturated heterocycles. The van der Waals surface area contributed by atoms with Gasteiger partial charge in [0.25, 0.3) is 5.91 Å². The van der Waals surface area contributed by atoms with Crippen LogP contribution in [-0.2, 0) is 9.59 Å². The summed E-state index contributed by atoms with van der Waals surface area (Å²) in [6.45, 7) is 0. The summed E-state index contributed by atoms with van der Waals surface area (Å²) in [5.74, 6) is -3.36. The van der Waals surface area contributed by atoms with Gasteiger partial charge in [0.05, 0.1) is 11.5 Å². The molecule has 1 aromatic rings. The van der Waals surface area contributed by atoms with Gasteiger partial charge in [-0.15, -0.1) is 0 Å². The highest BCUT2D eigenvalue weighted by molar-refractivity contribution is 6.01. The molecule has 18 heavy (non-hydrogen) atoms. The average Bonchev–Trinajstić information content (AvgIpc) is 2.30. The van der Waals surface area contributed by atoms with Crippen molar-refractivity contribution in [2.45, 2.75) is 18.8 Å². The molecule has 1 atom stereocenters. The largest absolute Gasteiger partial charge is 0.366 e. The van der Waals surface area contributed by atoms with Crippen LogP contribution >= 0.6 is 0 Å². The van der Waals surface area contributed by atoms with E-state index in [1.165, 1.54) is 18.2 Å². The van der Waals surface area contributed by atoms with Crippen LogP contribution in [-0.4, -0.2) is 17.7 Å². The molecule has 1 heterocycles. The van der Waals surface area contributed by atoms with Crippen LogP contribution in [0, 0.1) is 5.82 Å². The molecule has 0 saturated carbocycles. The lowest BCUT2D eigenvalue weighted by Crippen LogP contribution is -2.39. The normalized spacial score (nSPS) is 19.5. The van der Waals surface area contributed by atoms with Crippen molar-refractivity contribution in [2.24, 2.45) is 5.73 Å². The molecule has 1 aliphatic rings. The van der Waals surface area contributed by atoms with Crippen LogP contribution in [0.15, 0.2) is 18.2 Å². The summed E-state index contributed by atoms with van der Waals surface area (Å²) in [7, 11) is 0. The van der Waals surface area contributed by atoms with Gasteiger partial charge in [-0.25, -0.2) is 4.39 Å². The molecule has 5 nitrogen and oxygen atoms in total. The number of nitrogens with one attached hydrogen (secondary N) is 1. The zero-order chi connectivity index (χ0) is 13.3. The van der Waals surface area contributed by atoms with Crippen molar-refractivity contribution >= 4 is 17.7 Å². The fraction of sp³-hybridized carbons (Fsp3) is 0.250. The molecule has 2 rings (SSSR count). The van der Waals surface area contributed by atoms with Gasteiger partial charge in [-0.2, -0.15) is 0 Å². The molecule has 0 radical (unpaired) electrons. The lowest BCUT2D eigenvalue weighted by Gasteiger charge is -2.21. The Morgan fingerprint density at radius 3 is 2.72 bits per heavy atom. The molecule has 0 aromatic heterocycles. The maximum absolute atomic E-state index is 14.0. The fourth-order valence-corrected chi connectivity index (χ4v) is 2.00. The molecule has 0 aliphatic carbocycles. The van der Waals surface area contributed by atoms with E-state index in [0.717, 1.165) is 0 Å². The average molecular weight is 250 g/mol. The molecule has 6 heteroatoms. The van der Waals surface area contributed by atoms with Crippen molar-refractivity contribution in [1.82, 2.24) is 5.32 Å². The van der Waals surface area contributed by atoms with E-state index in [0.29, 0.717) is 0 Å². The lowest BCUT2D eigenvalue weighted by molar-refractivity contribution is -0.134. The number of carbonyl (C=O) groups is 3. The van der Waals surface area contributed by atoms with E-state index in [1.807, 2.05) is 0 Å². The third-order valence-electron chi connectivity index (χ3n) is 2.91. The van der Waals surface area contributed by atoms with Crippen LogP contribution in [0.1, 0.15) is 34.7 Å². The van der Waals surface area contributed by atoms with Crippen LogP contribution in [0.25, 0.3) is 0 Å². The van der Waals surface area contributed by atoms with E-state index < -0.39 is 23.5 Å². The number of rotatable bonds is 2. The SMILES string of the molecule is NC(=O)c1cccc([C@@H]2CCC(=O)NC2=O)c1F. The number of nitrogens with two attached hydrogens (primary N) is 1. The third kappa shape index (κ3) is 2.09. The second kappa shape index (κ2) is 4.56. The number of imide groups is 1. The second-order valence-corrected chi connectivity index (χ2v) is 4.08. The van der Waals surface area contributed by atoms with E-state index >= 15 is 0 Å². The maximum Gasteiger partial charge on any atom is 0.251 e. The summed E-state index contributed by atoms with van der Waals surface area (Å²) in [6.07, 6.45) is 0.375. The molecule has 94 valence electrons. The Hall–Kier alpha value is -2.24. The van der Waals surface area contributed by atoms with E-state index in [2.05, 4.69) is 5.32 Å². The van der Waals surface area contributed by atoms with Gasteiger partial charge in [-0.3, -0.25) is 19.7 Å². The molecular formula is C12H11FN2O3. The first kappa shape index (κ1) is 12.2. The van der Waals surface area contributed by atoms with Crippen LogP contribution in [0.5, 0.6) is 0 Å². The minimum Gasteiger partial charge on any atom is -0.366 e. The number of halogens is 1. The Morgan fingerprint density at radius 2 is 2.11 bits per heavy atom. The minimum atomic E-state index is -0.887. The summed E-state index contributed by atoms with van der Waals surface area (Å²) in [5, 5.41) is 2.14. The number of hydrogen-bond acceptors (Lipinski definition) is 3. The summed E-state index contributed by atoms with van der Waals surface area (Å²) in [4.78, 5) is 33.7. The molecule has 0 spiro atoms. The highest BCUT2D eigenvalue weighted by atomic mass is 19.1. The fourth-order valence-electron chi connectivity index (χ4n) is 2.00. The van der Waals surface area contributed by atoms with Crippen molar-refractivity contribution < 1.29 is 18.8 Å². The summed E-state index contributed by atoms with van der Waals surface area (Å²) in [6, 6.07) is 4.14. The van der Waals surface area contributed by atoms with E-state index in [9.17, 15) is 18.8 Å². The molecule has 0 unspecified atom stereocenters. The Bertz CT molecular complexity index is 542. The van der Waals surface area contributed by atoms with E-state index in [1.54, 1.807) is 0 Å². The lowest BCUT2D eigenvalue weighted by atomic mass is 9.89. The monoisotopic (exact) mass is 250 g/mol. The summed E-state index contributed by atoms with van der Waals surface area (Å²) in [5.41, 5.74) is 4.88. The van der Waals surface area contributed by atoms with Gasteiger partial charge >= 0.3 is 0 Å². The van der Waals surface area contributed by atoms with Crippen LogP contribution in [0.2, 0.25) is 0 Å². The summed E-state index contributed by atoms with van der Waals surface area (Å²) >= 11 is 0. The molecule has 1 fully saturated rings. The van der Waals surface area contributed by atoms with Gasteiger partial charge in [0.15, 0.2) is 0 Å². The van der Waals surface area contributed by atoms with Crippen LogP contribution < -0.4 is 11.1 Å². The zero-order valence-electron chi connectivity index (χ0n) is 9.40. The molecule has 1 aromatic carbocycles. The molecule has 0 bridgehead atoms. The van der Waals surface area contributed by atoms with Gasteiger partial charge in [0, 0.05) is 12.0 Å². The first-order chi connectivity index (χ1) is 8.50. The number of primary amides is 1. The maximum atomic E-state index is 14.0. The topological polar surface area (TPSA) is 89.3 Å². The van der Waals surface area contributed by atoms with Gasteiger partial charge in [0.1, 0.15) is 5.82 Å². The van der Waals surface area contributed by atoms with Crippen molar-refractivity contribution in [1.29, 1.82) is 0 Å². The number of piperidine rings is 1. The summed E-state index contributed by atoms with van der Waals surface area (Å²) < 4.78 is 14.0. The second-order valence-electron chi connectivity index (χ2n) is 4.08. The molecule has 3 N–H and O–H groups in total. The smallest absolute Gasteiger partial charge is 0.251 e. The number of carbonyl (C=O) groups excluding carboxylic acids is 3. The quantitative estimate of drug-likeness (QED) is 0.746. The molecule has 3 amide bonds. The Balaban J connectivity index is 2.39. The van der Waals surface area contributed by atoms with Crippen LogP contribution in [0.4, 0.5) is 4.39 Å². The molecule has 1 aliphatic heterocycles. The Kier molecular flexibility index (Phi) is 3.10. The van der Waals surface area contributed by atoms with Crippen molar-refractivity contribution in [3.8, 4) is 0 Å². The highest BCUT2D eigenvalue weighted by Gasteiger charge is 2.30. The highest BCUT2D eigenvalue weighted by Crippen LogP contribution is 2.28. The van der Waals surface area contributed by atoms with Gasteiger partial charge in [-0.1, -0.05) is 12.1 Å². The minimum absolute atomic E-state index is 0.0938. The van der Waals surface area contributed by atoms with Crippen LogP contribution in [0.3, 0.4) is 0 Å². The van der Waals surface area contributed by atoms with E-state index in [-0.39, 0.29) is 29.9 Å². The predicted octanol–water partition coefficient (Wildman–Crippen LogP) is 0.445. The molecular weight excluding hydrogens is 239 g/mol. The standard InChI is InChI=1S/C12H11FN2O3/c13-10-6(2-1-3-8(10)11(14)17)7-4-5-9(16)15-12(7)18/h1-3,7H,4-5H2,(H2,14,17)(H,15,16,18)/t7-/m0/s1. The number of benzene rings is 1.